The van der Waals surface area contributed by atoms with Crippen molar-refractivity contribution >= 4 is 25.5 Å². The number of hydrogen-bond acceptors (Lipinski definition) is 5. The summed E-state index contributed by atoms with van der Waals surface area (Å²) in [6.07, 6.45) is -0.277. The molecule has 0 unspecified atom stereocenters. The fourth-order valence-electron chi connectivity index (χ4n) is 3.47. The second kappa shape index (κ2) is 9.53. The van der Waals surface area contributed by atoms with Crippen molar-refractivity contribution in [1.29, 1.82) is 0 Å². The minimum Gasteiger partial charge on any atom is -0.442 e. The Morgan fingerprint density at radius 1 is 0.903 bits per heavy atom. The molecule has 3 N–H and O–H groups in total. The van der Waals surface area contributed by atoms with Crippen LogP contribution in [0, 0.1) is 0 Å². The second-order valence-corrected chi connectivity index (χ2v) is 9.09. The number of quaternary nitrogens is 1. The monoisotopic (exact) mass is 447 g/mol. The summed E-state index contributed by atoms with van der Waals surface area (Å²) in [5, 5.41) is 0. The largest absolute Gasteiger partial charge is 0.453 e. The van der Waals surface area contributed by atoms with Gasteiger partial charge in [-0.2, -0.15) is 0 Å². The van der Waals surface area contributed by atoms with Crippen LogP contribution in [0.25, 0.3) is 0 Å². The molecule has 31 heavy (non-hydrogen) atoms. The van der Waals surface area contributed by atoms with Gasteiger partial charge in [-0.15, -0.1) is 5.43 Å². The molecule has 0 radical (unpaired) electrons. The van der Waals surface area contributed by atoms with Crippen molar-refractivity contribution in [2.24, 2.45) is 0 Å². The van der Waals surface area contributed by atoms with E-state index in [1.165, 1.54) is 12.1 Å². The van der Waals surface area contributed by atoms with Gasteiger partial charge in [0.05, 0.1) is 11.1 Å². The van der Waals surface area contributed by atoms with Crippen LogP contribution in [-0.2, 0) is 15.9 Å². The van der Waals surface area contributed by atoms with Crippen LogP contribution in [0.5, 0.6) is 0 Å². The standard InChI is InChI=1S/C21H23N2O7P/c24-19-17-11-5-6-12-18(17)20(25)23(19,13-7-2-8-14-31(27,28)29)22-21(26)30-15-16-9-3-1-4-10-16/h1,3-6,9-12H,2,7-8,13-15H2,(H2-,22,26,27,28,29)/p+1. The van der Waals surface area contributed by atoms with Crippen molar-refractivity contribution in [3.05, 3.63) is 71.3 Å². The van der Waals surface area contributed by atoms with Gasteiger partial charge in [-0.05, 0) is 37.0 Å². The Kier molecular flexibility index (Phi) is 7.02. The lowest BCUT2D eigenvalue weighted by Crippen LogP contribution is -2.64. The molecule has 3 amide bonds. The Balaban J connectivity index is 1.72. The van der Waals surface area contributed by atoms with Crippen LogP contribution < -0.4 is 5.43 Å². The zero-order chi connectivity index (χ0) is 22.5. The number of unbranched alkanes of at least 4 members (excludes halogenated alkanes) is 2. The Labute approximate surface area is 179 Å². The molecule has 3 rings (SSSR count). The average Bonchev–Trinajstić information content (AvgIpc) is 2.94. The van der Waals surface area contributed by atoms with E-state index in [0.29, 0.717) is 12.8 Å². The van der Waals surface area contributed by atoms with E-state index in [1.807, 2.05) is 6.07 Å². The van der Waals surface area contributed by atoms with Gasteiger partial charge in [-0.3, -0.25) is 4.57 Å². The van der Waals surface area contributed by atoms with Crippen molar-refractivity contribution in [2.75, 3.05) is 12.7 Å². The Bertz CT molecular complexity index is 984. The van der Waals surface area contributed by atoms with Crippen molar-refractivity contribution < 1.29 is 38.1 Å². The summed E-state index contributed by atoms with van der Waals surface area (Å²) in [4.78, 5) is 56.7. The fourth-order valence-corrected chi connectivity index (χ4v) is 4.11. The molecule has 0 atom stereocenters. The number of hydrogen-bond donors (Lipinski definition) is 3. The number of benzene rings is 2. The molecule has 0 saturated carbocycles. The van der Waals surface area contributed by atoms with Crippen LogP contribution in [0.2, 0.25) is 0 Å². The van der Waals surface area contributed by atoms with Gasteiger partial charge in [-0.1, -0.05) is 47.1 Å². The van der Waals surface area contributed by atoms with Crippen LogP contribution in [0.15, 0.2) is 54.6 Å². The maximum absolute atomic E-state index is 13.1. The van der Waals surface area contributed by atoms with Gasteiger partial charge in [0.25, 0.3) is 0 Å². The summed E-state index contributed by atoms with van der Waals surface area (Å²) in [5.41, 5.74) is 3.62. The van der Waals surface area contributed by atoms with Gasteiger partial charge in [0.2, 0.25) is 0 Å². The van der Waals surface area contributed by atoms with E-state index in [1.54, 1.807) is 36.4 Å². The van der Waals surface area contributed by atoms with E-state index >= 15 is 0 Å². The molecule has 2 aromatic rings. The van der Waals surface area contributed by atoms with E-state index in [-0.39, 0.29) is 36.9 Å². The average molecular weight is 447 g/mol. The van der Waals surface area contributed by atoms with Crippen LogP contribution in [0.3, 0.4) is 0 Å². The first-order chi connectivity index (χ1) is 14.7. The predicted molar refractivity (Wildman–Crippen MR) is 111 cm³/mol. The van der Waals surface area contributed by atoms with E-state index in [9.17, 15) is 18.9 Å². The highest BCUT2D eigenvalue weighted by Crippen LogP contribution is 2.35. The summed E-state index contributed by atoms with van der Waals surface area (Å²) < 4.78 is 15.3. The number of ether oxygens (including phenoxy) is 1. The van der Waals surface area contributed by atoms with Gasteiger partial charge in [0, 0.05) is 6.16 Å². The zero-order valence-corrected chi connectivity index (χ0v) is 17.7. The van der Waals surface area contributed by atoms with Gasteiger partial charge in [-0.25, -0.2) is 14.4 Å². The molecule has 0 bridgehead atoms. The molecule has 0 saturated heterocycles. The van der Waals surface area contributed by atoms with Crippen molar-refractivity contribution in [3.8, 4) is 0 Å². The number of rotatable bonds is 9. The molecule has 2 aromatic carbocycles. The minimum absolute atomic E-state index is 0.0235. The summed E-state index contributed by atoms with van der Waals surface area (Å²) in [6, 6.07) is 15.3. The molecule has 0 spiro atoms. The summed E-state index contributed by atoms with van der Waals surface area (Å²) in [7, 11) is -4.11. The third kappa shape index (κ3) is 5.45. The molecule has 0 aliphatic carbocycles. The summed E-state index contributed by atoms with van der Waals surface area (Å²) >= 11 is 0. The van der Waals surface area contributed by atoms with Gasteiger partial charge >= 0.3 is 25.5 Å². The zero-order valence-electron chi connectivity index (χ0n) is 16.8. The number of nitrogens with zero attached hydrogens (tertiary/aromatic N) is 1. The van der Waals surface area contributed by atoms with E-state index in [2.05, 4.69) is 5.43 Å². The molecule has 0 fully saturated rings. The van der Waals surface area contributed by atoms with Gasteiger partial charge < -0.3 is 14.5 Å². The first-order valence-corrected chi connectivity index (χ1v) is 11.6. The molecular weight excluding hydrogens is 423 g/mol. The molecule has 164 valence electrons. The van der Waals surface area contributed by atoms with Crippen LogP contribution >= 0.6 is 7.60 Å². The third-order valence-corrected chi connectivity index (χ3v) is 5.92. The Morgan fingerprint density at radius 3 is 2.06 bits per heavy atom. The topological polar surface area (TPSA) is 130 Å². The van der Waals surface area contributed by atoms with Crippen molar-refractivity contribution in [2.45, 2.75) is 25.9 Å². The molecule has 10 heteroatoms. The van der Waals surface area contributed by atoms with Crippen LogP contribution in [-0.4, -0.2) is 45.0 Å². The molecule has 0 aromatic heterocycles. The maximum atomic E-state index is 13.1. The molecule has 1 aliphatic heterocycles. The van der Waals surface area contributed by atoms with Gasteiger partial charge in [0.15, 0.2) is 0 Å². The van der Waals surface area contributed by atoms with Gasteiger partial charge in [0.1, 0.15) is 13.2 Å². The highest BCUT2D eigenvalue weighted by atomic mass is 31.2. The molecule has 1 heterocycles. The summed E-state index contributed by atoms with van der Waals surface area (Å²) in [6.45, 7) is -0.0712. The lowest BCUT2D eigenvalue weighted by molar-refractivity contribution is -0.802. The normalized spacial score (nSPS) is 14.9. The lowest BCUT2D eigenvalue weighted by Gasteiger charge is -2.27. The van der Waals surface area contributed by atoms with E-state index in [4.69, 9.17) is 14.5 Å². The first kappa shape index (κ1) is 22.8. The lowest BCUT2D eigenvalue weighted by atomic mass is 10.1. The first-order valence-electron chi connectivity index (χ1n) is 9.83. The smallest absolute Gasteiger partial charge is 0.442 e. The number of amides is 3. The number of carbonyl (C=O) groups is 3. The maximum Gasteiger partial charge on any atom is 0.453 e. The second-order valence-electron chi connectivity index (χ2n) is 7.31. The predicted octanol–water partition coefficient (Wildman–Crippen LogP) is 2.99. The summed E-state index contributed by atoms with van der Waals surface area (Å²) in [5.74, 6) is -1.13. The van der Waals surface area contributed by atoms with Crippen LogP contribution in [0.1, 0.15) is 45.5 Å². The number of imide groups is 1. The molecule has 1 aliphatic rings. The van der Waals surface area contributed by atoms with Crippen LogP contribution in [0.4, 0.5) is 4.79 Å². The Hall–Kier alpha value is -2.84. The minimum atomic E-state index is -4.11. The van der Waals surface area contributed by atoms with E-state index < -0.39 is 30.1 Å². The SMILES string of the molecule is O=C(N[N+]1(CCCCCP(=O)(O)O)C(=O)c2ccccc2C1=O)OCc1ccccc1. The van der Waals surface area contributed by atoms with E-state index in [0.717, 1.165) is 5.56 Å². The number of fused-ring (bicyclic) bond motifs is 1. The molecule has 9 nitrogen and oxygen atoms in total. The molecular formula is C21H24N2O7P+. The highest BCUT2D eigenvalue weighted by Gasteiger charge is 2.55. The van der Waals surface area contributed by atoms with Crippen molar-refractivity contribution in [1.82, 2.24) is 5.43 Å². The number of carbonyl (C=O) groups excluding carboxylic acids is 3. The Morgan fingerprint density at radius 2 is 1.48 bits per heavy atom. The quantitative estimate of drug-likeness (QED) is 0.233. The van der Waals surface area contributed by atoms with Crippen molar-refractivity contribution in [3.63, 3.8) is 0 Å². The highest BCUT2D eigenvalue weighted by molar-refractivity contribution is 7.51. The number of nitrogens with one attached hydrogen (secondary N) is 1. The fraction of sp³-hybridized carbons (Fsp3) is 0.286. The third-order valence-electron chi connectivity index (χ3n) is 5.02.